The topological polar surface area (TPSA) is 55.1 Å². The molecular formula is C9H13BrN2O2. The Morgan fingerprint density at radius 2 is 2.29 bits per heavy atom. The Balaban J connectivity index is 3.18. The van der Waals surface area contributed by atoms with Crippen LogP contribution in [-0.2, 0) is 6.54 Å². The standard InChI is InChI=1S/C9H13BrN2O2/c1-4-12-7(6(10)5-11-12)8(13)9(2,3)14/h5,14H,4H2,1-3H3. The van der Waals surface area contributed by atoms with Gasteiger partial charge in [-0.05, 0) is 36.7 Å². The van der Waals surface area contributed by atoms with Gasteiger partial charge in [-0.2, -0.15) is 5.10 Å². The average molecular weight is 261 g/mol. The summed E-state index contributed by atoms with van der Waals surface area (Å²) >= 11 is 3.24. The molecule has 1 heterocycles. The molecule has 0 radical (unpaired) electrons. The van der Waals surface area contributed by atoms with Gasteiger partial charge in [0, 0.05) is 6.54 Å². The van der Waals surface area contributed by atoms with Crippen LogP contribution in [0.2, 0.25) is 0 Å². The van der Waals surface area contributed by atoms with Crippen LogP contribution >= 0.6 is 15.9 Å². The minimum Gasteiger partial charge on any atom is -0.382 e. The van der Waals surface area contributed by atoms with Crippen LogP contribution in [0.5, 0.6) is 0 Å². The molecule has 5 heteroatoms. The van der Waals surface area contributed by atoms with Gasteiger partial charge in [-0.1, -0.05) is 0 Å². The number of ketones is 1. The number of carbonyl (C=O) groups excluding carboxylic acids is 1. The van der Waals surface area contributed by atoms with E-state index in [1.54, 1.807) is 10.9 Å². The van der Waals surface area contributed by atoms with E-state index in [2.05, 4.69) is 21.0 Å². The first-order chi connectivity index (χ1) is 6.38. The molecule has 0 aromatic carbocycles. The smallest absolute Gasteiger partial charge is 0.212 e. The van der Waals surface area contributed by atoms with Crippen LogP contribution in [0, 0.1) is 0 Å². The van der Waals surface area contributed by atoms with Crippen molar-refractivity contribution in [3.8, 4) is 0 Å². The van der Waals surface area contributed by atoms with E-state index in [-0.39, 0.29) is 5.78 Å². The first kappa shape index (κ1) is 11.4. The Bertz CT molecular complexity index is 352. The fourth-order valence-corrected chi connectivity index (χ4v) is 1.59. The summed E-state index contributed by atoms with van der Waals surface area (Å²) in [6, 6.07) is 0. The second kappa shape index (κ2) is 3.82. The van der Waals surface area contributed by atoms with Crippen LogP contribution in [-0.4, -0.2) is 26.3 Å². The van der Waals surface area contributed by atoms with Gasteiger partial charge in [0.15, 0.2) is 0 Å². The largest absolute Gasteiger partial charge is 0.382 e. The number of rotatable bonds is 3. The van der Waals surface area contributed by atoms with Crippen molar-refractivity contribution in [2.45, 2.75) is 32.9 Å². The van der Waals surface area contributed by atoms with E-state index in [0.29, 0.717) is 16.7 Å². The summed E-state index contributed by atoms with van der Waals surface area (Å²) in [7, 11) is 0. The van der Waals surface area contributed by atoms with Crippen molar-refractivity contribution < 1.29 is 9.90 Å². The van der Waals surface area contributed by atoms with Crippen molar-refractivity contribution in [1.29, 1.82) is 0 Å². The minimum atomic E-state index is -1.37. The van der Waals surface area contributed by atoms with E-state index in [0.717, 1.165) is 0 Å². The molecule has 0 aliphatic carbocycles. The zero-order chi connectivity index (χ0) is 10.9. The van der Waals surface area contributed by atoms with Crippen LogP contribution in [0.15, 0.2) is 10.7 Å². The summed E-state index contributed by atoms with van der Waals surface area (Å²) in [6.07, 6.45) is 1.56. The lowest BCUT2D eigenvalue weighted by molar-refractivity contribution is 0.0475. The third kappa shape index (κ3) is 2.04. The molecule has 0 amide bonds. The van der Waals surface area contributed by atoms with Crippen LogP contribution in [0.3, 0.4) is 0 Å². The maximum atomic E-state index is 11.8. The van der Waals surface area contributed by atoms with E-state index >= 15 is 0 Å². The molecule has 78 valence electrons. The fraction of sp³-hybridized carbons (Fsp3) is 0.556. The SMILES string of the molecule is CCn1ncc(Br)c1C(=O)C(C)(C)O. The van der Waals surface area contributed by atoms with Gasteiger partial charge in [0.25, 0.3) is 0 Å². The zero-order valence-corrected chi connectivity index (χ0v) is 10.00. The molecule has 1 aromatic heterocycles. The number of halogens is 1. The Kier molecular flexibility index (Phi) is 3.11. The quantitative estimate of drug-likeness (QED) is 0.841. The molecule has 1 N–H and O–H groups in total. The van der Waals surface area contributed by atoms with Crippen LogP contribution in [0.4, 0.5) is 0 Å². The highest BCUT2D eigenvalue weighted by Gasteiger charge is 2.29. The van der Waals surface area contributed by atoms with Crippen LogP contribution in [0.25, 0.3) is 0 Å². The van der Waals surface area contributed by atoms with Crippen molar-refractivity contribution >= 4 is 21.7 Å². The predicted octanol–water partition coefficient (Wildman–Crippen LogP) is 1.62. The van der Waals surface area contributed by atoms with Crippen molar-refractivity contribution in [2.75, 3.05) is 0 Å². The summed E-state index contributed by atoms with van der Waals surface area (Å²) in [5, 5.41) is 13.6. The molecule has 0 spiro atoms. The third-order valence-electron chi connectivity index (χ3n) is 1.87. The van der Waals surface area contributed by atoms with Crippen molar-refractivity contribution in [1.82, 2.24) is 9.78 Å². The Hall–Kier alpha value is -0.680. The van der Waals surface area contributed by atoms with E-state index in [1.807, 2.05) is 6.92 Å². The van der Waals surface area contributed by atoms with E-state index in [1.165, 1.54) is 13.8 Å². The zero-order valence-electron chi connectivity index (χ0n) is 8.41. The highest BCUT2D eigenvalue weighted by molar-refractivity contribution is 9.10. The fourth-order valence-electron chi connectivity index (χ4n) is 1.12. The van der Waals surface area contributed by atoms with Gasteiger partial charge >= 0.3 is 0 Å². The van der Waals surface area contributed by atoms with Gasteiger partial charge in [0.2, 0.25) is 5.78 Å². The average Bonchev–Trinajstić information content (AvgIpc) is 2.43. The Morgan fingerprint density at radius 1 is 1.71 bits per heavy atom. The van der Waals surface area contributed by atoms with Crippen molar-refractivity contribution in [3.05, 3.63) is 16.4 Å². The molecule has 0 saturated heterocycles. The van der Waals surface area contributed by atoms with E-state index in [4.69, 9.17) is 0 Å². The van der Waals surface area contributed by atoms with Crippen LogP contribution in [0.1, 0.15) is 31.3 Å². The number of hydrogen-bond donors (Lipinski definition) is 1. The van der Waals surface area contributed by atoms with Gasteiger partial charge < -0.3 is 5.11 Å². The minimum absolute atomic E-state index is 0.330. The second-order valence-corrected chi connectivity index (χ2v) is 4.40. The lowest BCUT2D eigenvalue weighted by atomic mass is 10.0. The van der Waals surface area contributed by atoms with Crippen molar-refractivity contribution in [2.24, 2.45) is 0 Å². The van der Waals surface area contributed by atoms with Crippen molar-refractivity contribution in [3.63, 3.8) is 0 Å². The Morgan fingerprint density at radius 3 is 2.71 bits per heavy atom. The van der Waals surface area contributed by atoms with E-state index in [9.17, 15) is 9.90 Å². The number of aromatic nitrogens is 2. The molecule has 0 bridgehead atoms. The molecule has 0 aliphatic heterocycles. The van der Waals surface area contributed by atoms with Gasteiger partial charge in [0.1, 0.15) is 11.3 Å². The molecule has 0 aliphatic rings. The third-order valence-corrected chi connectivity index (χ3v) is 2.45. The number of nitrogens with zero attached hydrogens (tertiary/aromatic N) is 2. The first-order valence-electron chi connectivity index (χ1n) is 4.36. The normalized spacial score (nSPS) is 11.8. The number of aryl methyl sites for hydroxylation is 1. The summed E-state index contributed by atoms with van der Waals surface area (Å²) in [4.78, 5) is 11.8. The summed E-state index contributed by atoms with van der Waals surface area (Å²) in [5.74, 6) is -0.330. The maximum Gasteiger partial charge on any atom is 0.212 e. The molecule has 0 fully saturated rings. The molecule has 0 unspecified atom stereocenters. The number of hydrogen-bond acceptors (Lipinski definition) is 3. The van der Waals surface area contributed by atoms with Gasteiger partial charge in [0.05, 0.1) is 10.7 Å². The number of carbonyl (C=O) groups is 1. The lowest BCUT2D eigenvalue weighted by Gasteiger charge is -2.16. The maximum absolute atomic E-state index is 11.8. The second-order valence-electron chi connectivity index (χ2n) is 3.55. The summed E-state index contributed by atoms with van der Waals surface area (Å²) < 4.78 is 2.18. The molecular weight excluding hydrogens is 248 g/mol. The number of aliphatic hydroxyl groups is 1. The van der Waals surface area contributed by atoms with Crippen LogP contribution < -0.4 is 0 Å². The molecule has 1 rings (SSSR count). The molecule has 4 nitrogen and oxygen atoms in total. The lowest BCUT2D eigenvalue weighted by Crippen LogP contribution is -2.33. The predicted molar refractivity (Wildman–Crippen MR) is 56.2 cm³/mol. The number of Topliss-reactive ketones (excluding diaryl/α,β-unsaturated/α-hetero) is 1. The van der Waals surface area contributed by atoms with Gasteiger partial charge in [-0.25, -0.2) is 0 Å². The molecule has 1 aromatic rings. The first-order valence-corrected chi connectivity index (χ1v) is 5.15. The van der Waals surface area contributed by atoms with E-state index < -0.39 is 5.60 Å². The van der Waals surface area contributed by atoms with Gasteiger partial charge in [-0.15, -0.1) is 0 Å². The van der Waals surface area contributed by atoms with Gasteiger partial charge in [-0.3, -0.25) is 9.48 Å². The highest BCUT2D eigenvalue weighted by atomic mass is 79.9. The summed E-state index contributed by atoms with van der Waals surface area (Å²) in [6.45, 7) is 5.42. The highest BCUT2D eigenvalue weighted by Crippen LogP contribution is 2.21. The molecule has 14 heavy (non-hydrogen) atoms. The summed E-state index contributed by atoms with van der Waals surface area (Å²) in [5.41, 5.74) is -0.949. The monoisotopic (exact) mass is 260 g/mol. The molecule has 0 atom stereocenters. The molecule has 0 saturated carbocycles. The Labute approximate surface area is 91.1 Å².